The number of likely N-dealkylation sites (tertiary alicyclic amines) is 1. The molecular weight excluding hydrogens is 518 g/mol. The SMILES string of the molecule is CCC(N)C(=O)N(C)C(C(C)CC)C(CC(=O)N1CCCC1C(OC)C(C)C(=O)NCC1SC=CN1C)OC. The molecule has 0 bridgehead atoms. The van der Waals surface area contributed by atoms with Crippen molar-refractivity contribution in [2.45, 2.75) is 95.5 Å². The second-order valence-corrected chi connectivity index (χ2v) is 12.0. The minimum atomic E-state index is -0.586. The molecule has 39 heavy (non-hydrogen) atoms. The van der Waals surface area contributed by atoms with E-state index in [2.05, 4.69) is 24.1 Å². The van der Waals surface area contributed by atoms with Crippen LogP contribution in [0.1, 0.15) is 59.8 Å². The van der Waals surface area contributed by atoms with E-state index in [1.54, 1.807) is 37.9 Å². The van der Waals surface area contributed by atoms with Crippen molar-refractivity contribution >= 4 is 29.5 Å². The van der Waals surface area contributed by atoms with Gasteiger partial charge in [-0.05, 0) is 30.6 Å². The number of amides is 3. The average molecular weight is 570 g/mol. The molecule has 0 aromatic heterocycles. The van der Waals surface area contributed by atoms with Crippen LogP contribution in [0.5, 0.6) is 0 Å². The Balaban J connectivity index is 2.12. The van der Waals surface area contributed by atoms with Crippen LogP contribution in [-0.2, 0) is 23.9 Å². The number of carbonyl (C=O) groups is 3. The van der Waals surface area contributed by atoms with Crippen molar-refractivity contribution in [1.29, 1.82) is 0 Å². The minimum Gasteiger partial charge on any atom is -0.379 e. The topological polar surface area (TPSA) is 117 Å². The molecule has 224 valence electrons. The van der Waals surface area contributed by atoms with Crippen LogP contribution >= 0.6 is 11.8 Å². The Kier molecular flexibility index (Phi) is 13.6. The molecule has 8 atom stereocenters. The van der Waals surface area contributed by atoms with Crippen LogP contribution in [0, 0.1) is 11.8 Å². The quantitative estimate of drug-likeness (QED) is 0.308. The zero-order valence-corrected chi connectivity index (χ0v) is 25.9. The molecule has 10 nitrogen and oxygen atoms in total. The number of methoxy groups -OCH3 is 2. The molecule has 0 aromatic carbocycles. The van der Waals surface area contributed by atoms with Gasteiger partial charge in [-0.3, -0.25) is 14.4 Å². The number of carbonyl (C=O) groups excluding carboxylic acids is 3. The van der Waals surface area contributed by atoms with Crippen molar-refractivity contribution < 1.29 is 23.9 Å². The number of hydrogen-bond donors (Lipinski definition) is 2. The van der Waals surface area contributed by atoms with Gasteiger partial charge in [0.2, 0.25) is 17.7 Å². The van der Waals surface area contributed by atoms with Crippen molar-refractivity contribution in [2.75, 3.05) is 41.4 Å². The Morgan fingerprint density at radius 2 is 1.87 bits per heavy atom. The van der Waals surface area contributed by atoms with Crippen molar-refractivity contribution in [3.05, 3.63) is 11.6 Å². The summed E-state index contributed by atoms with van der Waals surface area (Å²) >= 11 is 1.67. The maximum Gasteiger partial charge on any atom is 0.239 e. The molecule has 0 radical (unpaired) electrons. The fourth-order valence-corrected chi connectivity index (χ4v) is 6.58. The van der Waals surface area contributed by atoms with Gasteiger partial charge in [-0.1, -0.05) is 34.1 Å². The molecule has 0 aromatic rings. The summed E-state index contributed by atoms with van der Waals surface area (Å²) in [5.74, 6) is -0.598. The van der Waals surface area contributed by atoms with Gasteiger partial charge in [0, 0.05) is 47.6 Å². The number of nitrogens with zero attached hydrogens (tertiary/aromatic N) is 3. The van der Waals surface area contributed by atoms with E-state index in [0.717, 1.165) is 19.3 Å². The first-order valence-electron chi connectivity index (χ1n) is 14.2. The maximum absolute atomic E-state index is 13.7. The molecule has 3 N–H and O–H groups in total. The number of nitrogens with one attached hydrogen (secondary N) is 1. The molecule has 1 fully saturated rings. The Hall–Kier alpha value is -1.82. The molecule has 0 aliphatic carbocycles. The van der Waals surface area contributed by atoms with Crippen molar-refractivity contribution in [3.8, 4) is 0 Å². The van der Waals surface area contributed by atoms with E-state index in [9.17, 15) is 14.4 Å². The number of hydrogen-bond acceptors (Lipinski definition) is 8. The van der Waals surface area contributed by atoms with E-state index in [4.69, 9.17) is 15.2 Å². The molecule has 2 aliphatic rings. The Labute approximate surface area is 239 Å². The van der Waals surface area contributed by atoms with Crippen molar-refractivity contribution in [1.82, 2.24) is 20.0 Å². The Morgan fingerprint density at radius 1 is 1.18 bits per heavy atom. The fraction of sp³-hybridized carbons (Fsp3) is 0.821. The third-order valence-corrected chi connectivity index (χ3v) is 9.54. The predicted octanol–water partition coefficient (Wildman–Crippen LogP) is 2.24. The molecule has 3 amide bonds. The highest BCUT2D eigenvalue weighted by Crippen LogP contribution is 2.29. The van der Waals surface area contributed by atoms with Crippen LogP contribution in [0.4, 0.5) is 0 Å². The van der Waals surface area contributed by atoms with Gasteiger partial charge in [0.15, 0.2) is 0 Å². The molecule has 1 saturated heterocycles. The molecule has 0 saturated carbocycles. The van der Waals surface area contributed by atoms with Crippen LogP contribution < -0.4 is 11.1 Å². The number of likely N-dealkylation sites (N-methyl/N-ethyl adjacent to an activating group) is 2. The monoisotopic (exact) mass is 569 g/mol. The van der Waals surface area contributed by atoms with E-state index in [0.29, 0.717) is 19.5 Å². The Morgan fingerprint density at radius 3 is 2.41 bits per heavy atom. The lowest BCUT2D eigenvalue weighted by molar-refractivity contribution is -0.146. The van der Waals surface area contributed by atoms with E-state index in [-0.39, 0.29) is 47.5 Å². The van der Waals surface area contributed by atoms with Gasteiger partial charge in [-0.2, -0.15) is 0 Å². The highest BCUT2D eigenvalue weighted by Gasteiger charge is 2.42. The van der Waals surface area contributed by atoms with Crippen molar-refractivity contribution in [2.24, 2.45) is 17.6 Å². The Bertz CT molecular complexity index is 845. The molecule has 2 aliphatic heterocycles. The molecule has 11 heteroatoms. The first-order chi connectivity index (χ1) is 18.5. The number of ether oxygens (including phenoxy) is 2. The lowest BCUT2D eigenvalue weighted by atomic mass is 9.90. The third-order valence-electron chi connectivity index (χ3n) is 8.45. The van der Waals surface area contributed by atoms with Gasteiger partial charge in [-0.25, -0.2) is 0 Å². The highest BCUT2D eigenvalue weighted by molar-refractivity contribution is 8.02. The summed E-state index contributed by atoms with van der Waals surface area (Å²) in [5.41, 5.74) is 6.06. The summed E-state index contributed by atoms with van der Waals surface area (Å²) in [6.07, 6.45) is 4.20. The van der Waals surface area contributed by atoms with Crippen LogP contribution in [0.3, 0.4) is 0 Å². The summed E-state index contributed by atoms with van der Waals surface area (Å²) < 4.78 is 11.7. The third kappa shape index (κ3) is 8.34. The summed E-state index contributed by atoms with van der Waals surface area (Å²) in [6.45, 7) is 9.02. The largest absolute Gasteiger partial charge is 0.379 e. The van der Waals surface area contributed by atoms with E-state index >= 15 is 0 Å². The second-order valence-electron chi connectivity index (χ2n) is 10.9. The average Bonchev–Trinajstić information content (AvgIpc) is 3.59. The molecule has 2 rings (SSSR count). The van der Waals surface area contributed by atoms with Gasteiger partial charge < -0.3 is 35.2 Å². The minimum absolute atomic E-state index is 0.0528. The first kappa shape index (κ1) is 33.4. The first-order valence-corrected chi connectivity index (χ1v) is 15.1. The predicted molar refractivity (Wildman–Crippen MR) is 156 cm³/mol. The second kappa shape index (κ2) is 15.8. The number of rotatable bonds is 15. The molecule has 8 unspecified atom stereocenters. The number of nitrogens with two attached hydrogens (primary N) is 1. The zero-order valence-electron chi connectivity index (χ0n) is 25.1. The number of thioether (sulfide) groups is 1. The van der Waals surface area contributed by atoms with Gasteiger partial charge >= 0.3 is 0 Å². The summed E-state index contributed by atoms with van der Waals surface area (Å²) in [5, 5.41) is 5.25. The normalized spacial score (nSPS) is 23.7. The molecule has 0 spiro atoms. The van der Waals surface area contributed by atoms with Gasteiger partial charge in [0.05, 0.1) is 48.0 Å². The van der Waals surface area contributed by atoms with E-state index in [1.165, 1.54) is 0 Å². The zero-order chi connectivity index (χ0) is 29.3. The van der Waals surface area contributed by atoms with Crippen LogP contribution in [0.2, 0.25) is 0 Å². The maximum atomic E-state index is 13.7. The fourth-order valence-electron chi connectivity index (χ4n) is 5.70. The van der Waals surface area contributed by atoms with Gasteiger partial charge in [0.25, 0.3) is 0 Å². The highest BCUT2D eigenvalue weighted by atomic mass is 32.2. The lowest BCUT2D eigenvalue weighted by Gasteiger charge is -2.40. The smallest absolute Gasteiger partial charge is 0.239 e. The van der Waals surface area contributed by atoms with E-state index < -0.39 is 24.2 Å². The lowest BCUT2D eigenvalue weighted by Crippen LogP contribution is -2.55. The summed E-state index contributed by atoms with van der Waals surface area (Å²) in [4.78, 5) is 45.3. The summed E-state index contributed by atoms with van der Waals surface area (Å²) in [6, 6.07) is -1.09. The molecule has 2 heterocycles. The molecular formula is C28H51N5O5S. The van der Waals surface area contributed by atoms with Crippen LogP contribution in [0.25, 0.3) is 0 Å². The van der Waals surface area contributed by atoms with E-state index in [1.807, 2.05) is 37.4 Å². The summed E-state index contributed by atoms with van der Waals surface area (Å²) in [7, 11) is 6.94. The van der Waals surface area contributed by atoms with Gasteiger partial charge in [0.1, 0.15) is 0 Å². The van der Waals surface area contributed by atoms with Crippen LogP contribution in [0.15, 0.2) is 11.6 Å². The van der Waals surface area contributed by atoms with Crippen LogP contribution in [-0.4, -0.2) is 110 Å². The standard InChI is InChI=1S/C28H51N5O5S/c1-9-18(3)25(32(6)28(36)20(29)10-2)22(37-7)16-23(34)33-13-11-12-21(33)26(38-8)19(4)27(35)30-17-24-31(5)14-15-39-24/h14-15,18-22,24-26H,9-13,16-17,29H2,1-8H3,(H,30,35). The van der Waals surface area contributed by atoms with Gasteiger partial charge in [-0.15, -0.1) is 11.8 Å². The van der Waals surface area contributed by atoms with Crippen molar-refractivity contribution in [3.63, 3.8) is 0 Å².